The van der Waals surface area contributed by atoms with Crippen molar-refractivity contribution in [2.75, 3.05) is 6.61 Å². The molecule has 0 aliphatic heterocycles. The molecule has 2 atom stereocenters. The van der Waals surface area contributed by atoms with Crippen LogP contribution in [0.2, 0.25) is 0 Å². The molecule has 0 aliphatic carbocycles. The fraction of sp³-hybridized carbons (Fsp3) is 0.600. The summed E-state index contributed by atoms with van der Waals surface area (Å²) in [6, 6.07) is 4.50. The van der Waals surface area contributed by atoms with E-state index in [9.17, 15) is 9.50 Å². The summed E-state index contributed by atoms with van der Waals surface area (Å²) in [5.41, 5.74) is 0.727. The molecule has 1 aromatic carbocycles. The van der Waals surface area contributed by atoms with E-state index < -0.39 is 6.10 Å². The minimum Gasteiger partial charge on any atom is -0.390 e. The summed E-state index contributed by atoms with van der Waals surface area (Å²) in [6.07, 6.45) is -0.445. The highest BCUT2D eigenvalue weighted by Gasteiger charge is 2.32. The van der Waals surface area contributed by atoms with Gasteiger partial charge < -0.3 is 9.84 Å². The van der Waals surface area contributed by atoms with E-state index in [1.54, 1.807) is 6.07 Å². The van der Waals surface area contributed by atoms with Crippen molar-refractivity contribution in [3.63, 3.8) is 0 Å². The first-order chi connectivity index (χ1) is 8.75. The van der Waals surface area contributed by atoms with Crippen LogP contribution in [0.5, 0.6) is 0 Å². The maximum Gasteiger partial charge on any atom is 0.124 e. The van der Waals surface area contributed by atoms with Crippen LogP contribution in [0.1, 0.15) is 33.3 Å². The summed E-state index contributed by atoms with van der Waals surface area (Å²) in [7, 11) is 0. The molecule has 0 radical (unpaired) electrons. The van der Waals surface area contributed by atoms with Gasteiger partial charge in [-0.3, -0.25) is 0 Å². The highest BCUT2D eigenvalue weighted by molar-refractivity contribution is 9.10. The van der Waals surface area contributed by atoms with Gasteiger partial charge >= 0.3 is 0 Å². The summed E-state index contributed by atoms with van der Waals surface area (Å²) in [6.45, 7) is 8.59. The van der Waals surface area contributed by atoms with Crippen molar-refractivity contribution < 1.29 is 14.2 Å². The fourth-order valence-electron chi connectivity index (χ4n) is 2.14. The van der Waals surface area contributed by atoms with Gasteiger partial charge in [-0.05, 0) is 30.0 Å². The van der Waals surface area contributed by atoms with Crippen LogP contribution in [0.25, 0.3) is 0 Å². The van der Waals surface area contributed by atoms with Crippen LogP contribution in [0, 0.1) is 11.2 Å². The number of rotatable bonds is 5. The van der Waals surface area contributed by atoms with E-state index in [-0.39, 0.29) is 17.3 Å². The third-order valence-electron chi connectivity index (χ3n) is 2.99. The molecule has 19 heavy (non-hydrogen) atoms. The third kappa shape index (κ3) is 4.86. The van der Waals surface area contributed by atoms with Crippen LogP contribution in [0.15, 0.2) is 22.7 Å². The zero-order valence-corrected chi connectivity index (χ0v) is 13.5. The Labute approximate surface area is 123 Å². The highest BCUT2D eigenvalue weighted by Crippen LogP contribution is 2.28. The quantitative estimate of drug-likeness (QED) is 0.884. The zero-order valence-electron chi connectivity index (χ0n) is 11.9. The Morgan fingerprint density at radius 1 is 1.37 bits per heavy atom. The van der Waals surface area contributed by atoms with Gasteiger partial charge in [0.25, 0.3) is 0 Å². The average Bonchev–Trinajstić information content (AvgIpc) is 2.28. The van der Waals surface area contributed by atoms with E-state index in [4.69, 9.17) is 4.74 Å². The van der Waals surface area contributed by atoms with E-state index in [2.05, 4.69) is 15.9 Å². The van der Waals surface area contributed by atoms with E-state index >= 15 is 0 Å². The van der Waals surface area contributed by atoms with Crippen LogP contribution in [0.3, 0.4) is 0 Å². The van der Waals surface area contributed by atoms with Crippen LogP contribution in [-0.2, 0) is 11.2 Å². The summed E-state index contributed by atoms with van der Waals surface area (Å²) in [4.78, 5) is 0. The van der Waals surface area contributed by atoms with Crippen molar-refractivity contribution in [1.82, 2.24) is 0 Å². The number of ether oxygens (including phenoxy) is 1. The molecule has 0 bridgehead atoms. The predicted molar refractivity (Wildman–Crippen MR) is 78.7 cm³/mol. The molecule has 0 aliphatic rings. The standard InChI is InChI=1S/C15H22BrFO2/c1-5-19-14(15(2,3)4)13(18)8-10-6-7-11(17)9-12(10)16/h6-7,9,13-14,18H,5,8H2,1-4H3. The van der Waals surface area contributed by atoms with Crippen molar-refractivity contribution in [2.24, 2.45) is 5.41 Å². The fourth-order valence-corrected chi connectivity index (χ4v) is 2.65. The smallest absolute Gasteiger partial charge is 0.124 e. The molecule has 0 spiro atoms. The largest absolute Gasteiger partial charge is 0.390 e. The lowest BCUT2D eigenvalue weighted by molar-refractivity contribution is -0.0874. The lowest BCUT2D eigenvalue weighted by atomic mass is 9.83. The summed E-state index contributed by atoms with van der Waals surface area (Å²) >= 11 is 3.32. The SMILES string of the molecule is CCOC(C(O)Cc1ccc(F)cc1Br)C(C)(C)C. The Hall–Kier alpha value is -0.450. The second-order valence-corrected chi connectivity index (χ2v) is 6.60. The van der Waals surface area contributed by atoms with Gasteiger partial charge in [-0.25, -0.2) is 4.39 Å². The minimum absolute atomic E-state index is 0.151. The molecule has 0 heterocycles. The number of hydrogen-bond acceptors (Lipinski definition) is 2. The average molecular weight is 333 g/mol. The third-order valence-corrected chi connectivity index (χ3v) is 3.73. The molecule has 2 nitrogen and oxygen atoms in total. The lowest BCUT2D eigenvalue weighted by Gasteiger charge is -2.34. The van der Waals surface area contributed by atoms with E-state index in [0.717, 1.165) is 5.56 Å². The van der Waals surface area contributed by atoms with E-state index in [1.807, 2.05) is 27.7 Å². The normalized spacial score (nSPS) is 15.3. The van der Waals surface area contributed by atoms with Gasteiger partial charge in [0.2, 0.25) is 0 Å². The minimum atomic E-state index is -0.623. The first kappa shape index (κ1) is 16.6. The molecule has 4 heteroatoms. The highest BCUT2D eigenvalue weighted by atomic mass is 79.9. The van der Waals surface area contributed by atoms with Crippen molar-refractivity contribution in [2.45, 2.75) is 46.3 Å². The van der Waals surface area contributed by atoms with E-state index in [0.29, 0.717) is 17.5 Å². The summed E-state index contributed by atoms with van der Waals surface area (Å²) in [5, 5.41) is 10.4. The number of hydrogen-bond donors (Lipinski definition) is 1. The van der Waals surface area contributed by atoms with Gasteiger partial charge in [-0.1, -0.05) is 42.8 Å². The second-order valence-electron chi connectivity index (χ2n) is 5.75. The van der Waals surface area contributed by atoms with Crippen molar-refractivity contribution in [3.05, 3.63) is 34.1 Å². The number of aliphatic hydroxyl groups is 1. The molecular weight excluding hydrogens is 311 g/mol. The first-order valence-corrected chi connectivity index (χ1v) is 7.28. The maximum atomic E-state index is 13.0. The summed E-state index contributed by atoms with van der Waals surface area (Å²) in [5.74, 6) is -0.290. The van der Waals surface area contributed by atoms with Crippen LogP contribution < -0.4 is 0 Å². The number of aliphatic hydroxyl groups excluding tert-OH is 1. The van der Waals surface area contributed by atoms with Crippen LogP contribution in [-0.4, -0.2) is 23.9 Å². The molecule has 1 N–H and O–H groups in total. The van der Waals surface area contributed by atoms with Gasteiger partial charge in [0.05, 0.1) is 12.2 Å². The Bertz CT molecular complexity index is 415. The molecule has 0 amide bonds. The first-order valence-electron chi connectivity index (χ1n) is 6.49. The van der Waals surface area contributed by atoms with Gasteiger partial charge in [0, 0.05) is 17.5 Å². The molecule has 108 valence electrons. The molecular formula is C15H22BrFO2. The zero-order chi connectivity index (χ0) is 14.6. The Morgan fingerprint density at radius 2 is 2.00 bits per heavy atom. The van der Waals surface area contributed by atoms with Crippen molar-refractivity contribution in [1.29, 1.82) is 0 Å². The predicted octanol–water partition coefficient (Wildman–Crippen LogP) is 3.94. The topological polar surface area (TPSA) is 29.5 Å². The van der Waals surface area contributed by atoms with Crippen molar-refractivity contribution >= 4 is 15.9 Å². The van der Waals surface area contributed by atoms with Gasteiger partial charge in [0.15, 0.2) is 0 Å². The Balaban J connectivity index is 2.84. The Morgan fingerprint density at radius 3 is 2.47 bits per heavy atom. The number of halogens is 2. The molecule has 0 fully saturated rings. The van der Waals surface area contributed by atoms with Crippen LogP contribution in [0.4, 0.5) is 4.39 Å². The van der Waals surface area contributed by atoms with E-state index in [1.165, 1.54) is 12.1 Å². The van der Waals surface area contributed by atoms with Crippen molar-refractivity contribution in [3.8, 4) is 0 Å². The number of benzene rings is 1. The molecule has 0 saturated carbocycles. The van der Waals surface area contributed by atoms with Gasteiger partial charge in [0.1, 0.15) is 5.82 Å². The Kier molecular flexibility index (Phi) is 5.96. The monoisotopic (exact) mass is 332 g/mol. The van der Waals surface area contributed by atoms with Gasteiger partial charge in [-0.15, -0.1) is 0 Å². The lowest BCUT2D eigenvalue weighted by Crippen LogP contribution is -2.41. The molecule has 1 aromatic rings. The van der Waals surface area contributed by atoms with Crippen LogP contribution >= 0.6 is 15.9 Å². The molecule has 2 unspecified atom stereocenters. The van der Waals surface area contributed by atoms with Gasteiger partial charge in [-0.2, -0.15) is 0 Å². The molecule has 1 rings (SSSR count). The molecule has 0 saturated heterocycles. The second kappa shape index (κ2) is 6.82. The molecule has 0 aromatic heterocycles. The maximum absolute atomic E-state index is 13.0. The summed E-state index contributed by atoms with van der Waals surface area (Å²) < 4.78 is 19.4.